The Balaban J connectivity index is 2.40. The van der Waals surface area contributed by atoms with Crippen LogP contribution in [0.2, 0.25) is 0 Å². The summed E-state index contributed by atoms with van der Waals surface area (Å²) in [5.41, 5.74) is 7.68. The van der Waals surface area contributed by atoms with Crippen molar-refractivity contribution >= 4 is 27.5 Å². The van der Waals surface area contributed by atoms with Gasteiger partial charge < -0.3 is 11.1 Å². The molecule has 0 saturated heterocycles. The molecular formula is C15H14BrFN2O. The van der Waals surface area contributed by atoms with Crippen LogP contribution in [-0.2, 0) is 4.79 Å². The van der Waals surface area contributed by atoms with Gasteiger partial charge in [-0.05, 0) is 36.8 Å². The first-order chi connectivity index (χ1) is 9.49. The molecule has 0 bridgehead atoms. The number of primary amides is 1. The van der Waals surface area contributed by atoms with Crippen LogP contribution in [0.25, 0.3) is 0 Å². The summed E-state index contributed by atoms with van der Waals surface area (Å²) in [4.78, 5) is 11.7. The van der Waals surface area contributed by atoms with Gasteiger partial charge in [0.25, 0.3) is 0 Å². The monoisotopic (exact) mass is 336 g/mol. The van der Waals surface area contributed by atoms with Crippen molar-refractivity contribution in [2.45, 2.75) is 13.0 Å². The van der Waals surface area contributed by atoms with Crippen LogP contribution in [0, 0.1) is 12.7 Å². The standard InChI is InChI=1S/C15H14BrFN2O/c1-9-4-2-3-5-13(9)19-14(15(18)20)11-8-10(17)6-7-12(11)16/h2-8,14,19H,1H3,(H2,18,20). The molecule has 1 atom stereocenters. The Labute approximate surface area is 125 Å². The summed E-state index contributed by atoms with van der Waals surface area (Å²) < 4.78 is 14.0. The van der Waals surface area contributed by atoms with E-state index in [1.807, 2.05) is 31.2 Å². The summed E-state index contributed by atoms with van der Waals surface area (Å²) >= 11 is 3.32. The smallest absolute Gasteiger partial charge is 0.244 e. The van der Waals surface area contributed by atoms with Gasteiger partial charge in [0.15, 0.2) is 0 Å². The molecule has 0 aromatic heterocycles. The fourth-order valence-corrected chi connectivity index (χ4v) is 2.40. The molecule has 0 saturated carbocycles. The van der Waals surface area contributed by atoms with Crippen LogP contribution < -0.4 is 11.1 Å². The van der Waals surface area contributed by atoms with Crippen molar-refractivity contribution in [2.24, 2.45) is 5.73 Å². The van der Waals surface area contributed by atoms with E-state index in [2.05, 4.69) is 21.2 Å². The van der Waals surface area contributed by atoms with Gasteiger partial charge >= 0.3 is 0 Å². The Kier molecular flexibility index (Phi) is 4.39. The van der Waals surface area contributed by atoms with Gasteiger partial charge in [-0.15, -0.1) is 0 Å². The molecule has 0 aliphatic rings. The number of rotatable bonds is 4. The molecule has 5 heteroatoms. The Morgan fingerprint density at radius 1 is 1.30 bits per heavy atom. The second-order valence-electron chi connectivity index (χ2n) is 4.46. The number of aryl methyl sites for hydroxylation is 1. The van der Waals surface area contributed by atoms with Gasteiger partial charge in [0.05, 0.1) is 0 Å². The Hall–Kier alpha value is -1.88. The van der Waals surface area contributed by atoms with Crippen molar-refractivity contribution in [3.05, 3.63) is 63.9 Å². The van der Waals surface area contributed by atoms with Crippen LogP contribution in [0.15, 0.2) is 46.9 Å². The first-order valence-electron chi connectivity index (χ1n) is 6.05. The number of hydrogen-bond donors (Lipinski definition) is 2. The van der Waals surface area contributed by atoms with Gasteiger partial charge in [0.2, 0.25) is 5.91 Å². The van der Waals surface area contributed by atoms with Crippen LogP contribution >= 0.6 is 15.9 Å². The normalized spacial score (nSPS) is 11.9. The third kappa shape index (κ3) is 3.17. The van der Waals surface area contributed by atoms with Crippen LogP contribution in [0.5, 0.6) is 0 Å². The minimum absolute atomic E-state index is 0.416. The highest BCUT2D eigenvalue weighted by atomic mass is 79.9. The van der Waals surface area contributed by atoms with Gasteiger partial charge in [-0.3, -0.25) is 4.79 Å². The average molecular weight is 337 g/mol. The molecule has 0 aliphatic carbocycles. The van der Waals surface area contributed by atoms with E-state index in [4.69, 9.17) is 5.73 Å². The highest BCUT2D eigenvalue weighted by molar-refractivity contribution is 9.10. The number of halogens is 2. The van der Waals surface area contributed by atoms with Crippen molar-refractivity contribution in [2.75, 3.05) is 5.32 Å². The van der Waals surface area contributed by atoms with Crippen LogP contribution in [-0.4, -0.2) is 5.91 Å². The fraction of sp³-hybridized carbons (Fsp3) is 0.133. The number of carbonyl (C=O) groups is 1. The first-order valence-corrected chi connectivity index (χ1v) is 6.85. The molecular weight excluding hydrogens is 323 g/mol. The summed E-state index contributed by atoms with van der Waals surface area (Å²) in [5, 5.41) is 3.06. The molecule has 3 N–H and O–H groups in total. The third-order valence-corrected chi connectivity index (χ3v) is 3.72. The molecule has 0 spiro atoms. The topological polar surface area (TPSA) is 55.1 Å². The maximum Gasteiger partial charge on any atom is 0.244 e. The van der Waals surface area contributed by atoms with Gasteiger partial charge in [0.1, 0.15) is 11.9 Å². The zero-order valence-corrected chi connectivity index (χ0v) is 12.4. The number of para-hydroxylation sites is 1. The lowest BCUT2D eigenvalue weighted by atomic mass is 10.0. The molecule has 1 amide bonds. The Morgan fingerprint density at radius 3 is 2.65 bits per heavy atom. The minimum atomic E-state index is -0.804. The van der Waals surface area contributed by atoms with Gasteiger partial charge in [-0.1, -0.05) is 34.1 Å². The SMILES string of the molecule is Cc1ccccc1NC(C(N)=O)c1cc(F)ccc1Br. The van der Waals surface area contributed by atoms with Crippen molar-refractivity contribution in [1.29, 1.82) is 0 Å². The van der Waals surface area contributed by atoms with E-state index in [0.29, 0.717) is 10.0 Å². The molecule has 2 aromatic carbocycles. The largest absolute Gasteiger partial charge is 0.370 e. The summed E-state index contributed by atoms with van der Waals surface area (Å²) in [7, 11) is 0. The molecule has 0 radical (unpaired) electrons. The van der Waals surface area contributed by atoms with Crippen molar-refractivity contribution in [3.63, 3.8) is 0 Å². The molecule has 0 heterocycles. The summed E-state index contributed by atoms with van der Waals surface area (Å²) in [6.45, 7) is 1.92. The van der Waals surface area contributed by atoms with E-state index >= 15 is 0 Å². The van der Waals surface area contributed by atoms with Crippen molar-refractivity contribution < 1.29 is 9.18 Å². The number of amides is 1. The van der Waals surface area contributed by atoms with Crippen LogP contribution in [0.4, 0.5) is 10.1 Å². The highest BCUT2D eigenvalue weighted by Crippen LogP contribution is 2.28. The lowest BCUT2D eigenvalue weighted by Crippen LogP contribution is -2.28. The zero-order valence-electron chi connectivity index (χ0n) is 10.9. The maximum atomic E-state index is 13.4. The number of carbonyl (C=O) groups excluding carboxylic acids is 1. The number of anilines is 1. The third-order valence-electron chi connectivity index (χ3n) is 3.00. The molecule has 0 fully saturated rings. The van der Waals surface area contributed by atoms with Crippen molar-refractivity contribution in [1.82, 2.24) is 0 Å². The fourth-order valence-electron chi connectivity index (χ4n) is 1.93. The van der Waals surface area contributed by atoms with Gasteiger partial charge in [-0.2, -0.15) is 0 Å². The van der Waals surface area contributed by atoms with E-state index in [9.17, 15) is 9.18 Å². The van der Waals surface area contributed by atoms with E-state index < -0.39 is 17.8 Å². The second-order valence-corrected chi connectivity index (χ2v) is 5.31. The van der Waals surface area contributed by atoms with Gasteiger partial charge in [0, 0.05) is 15.7 Å². The Bertz CT molecular complexity index is 646. The summed E-state index contributed by atoms with van der Waals surface area (Å²) in [6, 6.07) is 10.9. The van der Waals surface area contributed by atoms with E-state index in [-0.39, 0.29) is 0 Å². The molecule has 3 nitrogen and oxygen atoms in total. The highest BCUT2D eigenvalue weighted by Gasteiger charge is 2.21. The molecule has 104 valence electrons. The van der Waals surface area contributed by atoms with E-state index in [0.717, 1.165) is 11.3 Å². The zero-order chi connectivity index (χ0) is 14.7. The summed E-state index contributed by atoms with van der Waals surface area (Å²) in [5.74, 6) is -0.986. The number of nitrogens with one attached hydrogen (secondary N) is 1. The molecule has 2 aromatic rings. The number of nitrogens with two attached hydrogens (primary N) is 1. The lowest BCUT2D eigenvalue weighted by Gasteiger charge is -2.19. The predicted octanol–water partition coefficient (Wildman–Crippen LogP) is 3.54. The Morgan fingerprint density at radius 2 is 2.00 bits per heavy atom. The van der Waals surface area contributed by atoms with Crippen LogP contribution in [0.1, 0.15) is 17.2 Å². The van der Waals surface area contributed by atoms with E-state index in [1.54, 1.807) is 6.07 Å². The molecule has 2 rings (SSSR count). The number of hydrogen-bond acceptors (Lipinski definition) is 2. The lowest BCUT2D eigenvalue weighted by molar-refractivity contribution is -0.118. The van der Waals surface area contributed by atoms with E-state index in [1.165, 1.54) is 12.1 Å². The van der Waals surface area contributed by atoms with Crippen LogP contribution in [0.3, 0.4) is 0 Å². The number of benzene rings is 2. The average Bonchev–Trinajstić information content (AvgIpc) is 2.40. The predicted molar refractivity (Wildman–Crippen MR) is 80.8 cm³/mol. The second kappa shape index (κ2) is 6.05. The summed E-state index contributed by atoms with van der Waals surface area (Å²) in [6.07, 6.45) is 0. The maximum absolute atomic E-state index is 13.4. The quantitative estimate of drug-likeness (QED) is 0.897. The van der Waals surface area contributed by atoms with Gasteiger partial charge in [-0.25, -0.2) is 4.39 Å². The molecule has 0 aliphatic heterocycles. The molecule has 1 unspecified atom stereocenters. The van der Waals surface area contributed by atoms with Crippen molar-refractivity contribution in [3.8, 4) is 0 Å². The minimum Gasteiger partial charge on any atom is -0.370 e. The first kappa shape index (κ1) is 14.5. The molecule has 20 heavy (non-hydrogen) atoms.